The molecule has 0 aliphatic carbocycles. The molecule has 0 fully saturated rings. The van der Waals surface area contributed by atoms with Gasteiger partial charge in [0, 0.05) is 0 Å². The van der Waals surface area contributed by atoms with Crippen LogP contribution in [0.4, 0.5) is 0 Å². The van der Waals surface area contributed by atoms with E-state index in [4.69, 9.17) is 0 Å². The third kappa shape index (κ3) is 25.1. The van der Waals surface area contributed by atoms with E-state index in [9.17, 15) is 13.0 Å². The van der Waals surface area contributed by atoms with Crippen LogP contribution in [0, 0.1) is 5.92 Å². The van der Waals surface area contributed by atoms with Crippen molar-refractivity contribution in [3.63, 3.8) is 0 Å². The number of hydrogen-bond donors (Lipinski definition) is 0. The second-order valence-electron chi connectivity index (χ2n) is 7.01. The normalized spacial score (nSPS) is 11.7. The van der Waals surface area contributed by atoms with E-state index in [0.29, 0.717) is 6.42 Å². The van der Waals surface area contributed by atoms with Crippen LogP contribution < -0.4 is 29.6 Å². The molecule has 0 aliphatic rings. The van der Waals surface area contributed by atoms with E-state index >= 15 is 0 Å². The average molecular weight is 373 g/mol. The van der Waals surface area contributed by atoms with Crippen LogP contribution in [0.2, 0.25) is 0 Å². The van der Waals surface area contributed by atoms with Gasteiger partial charge in [0.15, 0.2) is 0 Å². The summed E-state index contributed by atoms with van der Waals surface area (Å²) < 4.78 is 34.8. The molecule has 4 nitrogen and oxygen atoms in total. The number of rotatable bonds is 17. The van der Waals surface area contributed by atoms with Crippen LogP contribution in [-0.2, 0) is 14.6 Å². The molecule has 0 amide bonds. The molecule has 0 rings (SSSR count). The molecule has 6 heteroatoms. The van der Waals surface area contributed by atoms with E-state index in [-0.39, 0.29) is 36.2 Å². The maximum Gasteiger partial charge on any atom is 1.00 e. The molecule has 0 aliphatic heterocycles. The van der Waals surface area contributed by atoms with Gasteiger partial charge in [-0.05, 0) is 12.3 Å². The predicted octanol–water partition coefficient (Wildman–Crippen LogP) is 2.58. The summed E-state index contributed by atoms with van der Waals surface area (Å²) in [6, 6.07) is 0. The molecule has 24 heavy (non-hydrogen) atoms. The van der Waals surface area contributed by atoms with E-state index in [0.717, 1.165) is 18.8 Å². The second-order valence-corrected chi connectivity index (χ2v) is 8.06. The van der Waals surface area contributed by atoms with Crippen LogP contribution in [0.5, 0.6) is 0 Å². The maximum atomic E-state index is 10.2. The topological polar surface area (TPSA) is 66.4 Å². The summed E-state index contributed by atoms with van der Waals surface area (Å²) >= 11 is 0. The van der Waals surface area contributed by atoms with Crippen LogP contribution in [0.1, 0.15) is 104 Å². The second kappa shape index (κ2) is 18.7. The fourth-order valence-corrected chi connectivity index (χ4v) is 3.08. The molecule has 0 saturated heterocycles. The van der Waals surface area contributed by atoms with Gasteiger partial charge in [-0.25, -0.2) is 8.42 Å². The zero-order valence-corrected chi connectivity index (χ0v) is 19.0. The Labute approximate surface area is 172 Å². The minimum Gasteiger partial charge on any atom is -0.726 e. The van der Waals surface area contributed by atoms with E-state index in [2.05, 4.69) is 18.0 Å². The van der Waals surface area contributed by atoms with E-state index in [1.807, 2.05) is 0 Å². The summed E-state index contributed by atoms with van der Waals surface area (Å²) in [6.45, 7) is 4.62. The Morgan fingerprint density at radius 1 is 0.708 bits per heavy atom. The van der Waals surface area contributed by atoms with Gasteiger partial charge < -0.3 is 4.55 Å². The van der Waals surface area contributed by atoms with Gasteiger partial charge in [0.25, 0.3) is 0 Å². The standard InChI is InChI=1S/C18H38O4S.Na/c1-18(2)16-14-12-10-8-6-4-3-5-7-9-11-13-15-17-22-23(19,20)21;/h18H,3-17H2,1-2H3,(H,19,20,21);/q;+1/p-1. The maximum absolute atomic E-state index is 10.2. The molecular weight excluding hydrogens is 335 g/mol. The summed E-state index contributed by atoms with van der Waals surface area (Å²) in [4.78, 5) is 0. The Morgan fingerprint density at radius 3 is 1.38 bits per heavy atom. The zero-order valence-electron chi connectivity index (χ0n) is 16.2. The summed E-state index contributed by atoms with van der Waals surface area (Å²) in [5.41, 5.74) is 0. The predicted molar refractivity (Wildman–Crippen MR) is 95.1 cm³/mol. The van der Waals surface area contributed by atoms with Gasteiger partial charge in [-0.3, -0.25) is 4.18 Å². The molecule has 0 aromatic carbocycles. The molecule has 0 aromatic heterocycles. The summed E-state index contributed by atoms with van der Waals surface area (Å²) in [6.07, 6.45) is 17.5. The van der Waals surface area contributed by atoms with Gasteiger partial charge in [-0.2, -0.15) is 0 Å². The van der Waals surface area contributed by atoms with Gasteiger partial charge in [0.2, 0.25) is 10.4 Å². The Bertz CT molecular complexity index is 345. The fraction of sp³-hybridized carbons (Fsp3) is 1.00. The van der Waals surface area contributed by atoms with Crippen molar-refractivity contribution in [2.45, 2.75) is 104 Å². The Kier molecular flexibility index (Phi) is 21.1. The SMILES string of the molecule is CC(C)CCCCCCCCCCCCCCCOS(=O)(=O)[O-].[Na+]. The van der Waals surface area contributed by atoms with E-state index in [1.54, 1.807) is 0 Å². The first-order valence-corrected chi connectivity index (χ1v) is 10.9. The Hall–Kier alpha value is 0.870. The largest absolute Gasteiger partial charge is 1.00 e. The third-order valence-corrected chi connectivity index (χ3v) is 4.61. The minimum atomic E-state index is -4.50. The van der Waals surface area contributed by atoms with Crippen molar-refractivity contribution in [1.82, 2.24) is 0 Å². The fourth-order valence-electron chi connectivity index (χ4n) is 2.76. The van der Waals surface area contributed by atoms with Gasteiger partial charge in [0.05, 0.1) is 6.61 Å². The van der Waals surface area contributed by atoms with E-state index < -0.39 is 10.4 Å². The van der Waals surface area contributed by atoms with Crippen molar-refractivity contribution in [1.29, 1.82) is 0 Å². The first kappa shape index (κ1) is 27.1. The van der Waals surface area contributed by atoms with Gasteiger partial charge in [-0.15, -0.1) is 0 Å². The minimum absolute atomic E-state index is 0. The van der Waals surface area contributed by atoms with Gasteiger partial charge in [-0.1, -0.05) is 97.3 Å². The van der Waals surface area contributed by atoms with Crippen LogP contribution in [-0.4, -0.2) is 19.6 Å². The zero-order chi connectivity index (χ0) is 17.4. The quantitative estimate of drug-likeness (QED) is 0.170. The molecule has 0 aromatic rings. The van der Waals surface area contributed by atoms with Crippen molar-refractivity contribution >= 4 is 10.4 Å². The van der Waals surface area contributed by atoms with Crippen molar-refractivity contribution in [3.05, 3.63) is 0 Å². The van der Waals surface area contributed by atoms with Crippen LogP contribution in [0.3, 0.4) is 0 Å². The van der Waals surface area contributed by atoms with E-state index in [1.165, 1.54) is 70.6 Å². The Morgan fingerprint density at radius 2 is 1.04 bits per heavy atom. The molecule has 140 valence electrons. The number of hydrogen-bond acceptors (Lipinski definition) is 4. The van der Waals surface area contributed by atoms with Gasteiger partial charge in [0.1, 0.15) is 0 Å². The molecule has 0 unspecified atom stereocenters. The molecule has 0 spiro atoms. The molecule has 0 heterocycles. The van der Waals surface area contributed by atoms with Crippen LogP contribution >= 0.6 is 0 Å². The van der Waals surface area contributed by atoms with Crippen molar-refractivity contribution in [3.8, 4) is 0 Å². The van der Waals surface area contributed by atoms with Crippen LogP contribution in [0.25, 0.3) is 0 Å². The van der Waals surface area contributed by atoms with Crippen LogP contribution in [0.15, 0.2) is 0 Å². The molecule has 0 atom stereocenters. The van der Waals surface area contributed by atoms with Crippen molar-refractivity contribution in [2.75, 3.05) is 6.61 Å². The average Bonchev–Trinajstić information content (AvgIpc) is 2.45. The molecular formula is C18H37NaO4S. The van der Waals surface area contributed by atoms with Crippen molar-refractivity contribution in [2.24, 2.45) is 5.92 Å². The summed E-state index contributed by atoms with van der Waals surface area (Å²) in [7, 11) is -4.50. The number of unbranched alkanes of at least 4 members (excludes halogenated alkanes) is 12. The van der Waals surface area contributed by atoms with Gasteiger partial charge >= 0.3 is 29.6 Å². The third-order valence-electron chi connectivity index (χ3n) is 4.15. The smallest absolute Gasteiger partial charge is 0.726 e. The first-order chi connectivity index (χ1) is 10.9. The summed E-state index contributed by atoms with van der Waals surface area (Å²) in [5, 5.41) is 0. The molecule has 0 bridgehead atoms. The van der Waals surface area contributed by atoms with Crippen molar-refractivity contribution < 1.29 is 46.7 Å². The monoisotopic (exact) mass is 372 g/mol. The molecule has 0 N–H and O–H groups in total. The Balaban J connectivity index is 0. The molecule has 0 saturated carbocycles. The summed E-state index contributed by atoms with van der Waals surface area (Å²) in [5.74, 6) is 0.849. The first-order valence-electron chi connectivity index (χ1n) is 9.52. The molecule has 0 radical (unpaired) electrons.